The highest BCUT2D eigenvalue weighted by atomic mass is 14.2. The van der Waals surface area contributed by atoms with Gasteiger partial charge in [-0.3, -0.25) is 0 Å². The van der Waals surface area contributed by atoms with E-state index in [1.54, 1.807) is 5.56 Å². The van der Waals surface area contributed by atoms with Crippen molar-refractivity contribution >= 4 is 0 Å². The van der Waals surface area contributed by atoms with E-state index in [1.807, 2.05) is 0 Å². The van der Waals surface area contributed by atoms with Crippen molar-refractivity contribution in [3.63, 3.8) is 0 Å². The maximum atomic E-state index is 2.37. The van der Waals surface area contributed by atoms with Gasteiger partial charge in [0.2, 0.25) is 0 Å². The molecule has 1 aromatic carbocycles. The van der Waals surface area contributed by atoms with Gasteiger partial charge in [0.25, 0.3) is 0 Å². The Balaban J connectivity index is 2.17. The second-order valence-corrected chi connectivity index (χ2v) is 4.58. The molecule has 1 fully saturated rings. The van der Waals surface area contributed by atoms with Gasteiger partial charge in [-0.05, 0) is 42.7 Å². The van der Waals surface area contributed by atoms with E-state index >= 15 is 0 Å². The lowest BCUT2D eigenvalue weighted by Crippen LogP contribution is -2.06. The smallest absolute Gasteiger partial charge is 0.00929 e. The van der Waals surface area contributed by atoms with Crippen molar-refractivity contribution in [2.24, 2.45) is 0 Å². The molecule has 0 bridgehead atoms. The van der Waals surface area contributed by atoms with Gasteiger partial charge < -0.3 is 0 Å². The highest BCUT2D eigenvalue weighted by Gasteiger charge is 2.17. The third-order valence-electron chi connectivity index (χ3n) is 3.47. The third-order valence-corrected chi connectivity index (χ3v) is 3.47. The van der Waals surface area contributed by atoms with Gasteiger partial charge in [-0.15, -0.1) is 0 Å². The van der Waals surface area contributed by atoms with Crippen LogP contribution in [0.5, 0.6) is 0 Å². The summed E-state index contributed by atoms with van der Waals surface area (Å²) in [6.45, 7) is 2.22. The molecule has 1 saturated carbocycles. The maximum Gasteiger partial charge on any atom is -0.00929 e. The molecule has 15 heavy (non-hydrogen) atoms. The van der Waals surface area contributed by atoms with Crippen LogP contribution in [0.3, 0.4) is 0 Å². The fraction of sp³-hybridized carbons (Fsp3) is 0.533. The van der Waals surface area contributed by atoms with Crippen molar-refractivity contribution in [2.75, 3.05) is 0 Å². The highest BCUT2D eigenvalue weighted by Crippen LogP contribution is 2.34. The van der Waals surface area contributed by atoms with Crippen molar-refractivity contribution < 1.29 is 0 Å². The van der Waals surface area contributed by atoms with Gasteiger partial charge in [0.05, 0.1) is 0 Å². The molecule has 0 atom stereocenters. The van der Waals surface area contributed by atoms with Crippen LogP contribution in [0.15, 0.2) is 24.3 Å². The molecular formula is C15H21. The molecule has 0 N–H and O–H groups in total. The van der Waals surface area contributed by atoms with E-state index in [0.717, 1.165) is 12.3 Å². The van der Waals surface area contributed by atoms with Crippen LogP contribution >= 0.6 is 0 Å². The summed E-state index contributed by atoms with van der Waals surface area (Å²) < 4.78 is 0. The molecule has 1 aliphatic carbocycles. The lowest BCUT2D eigenvalue weighted by atomic mass is 9.81. The van der Waals surface area contributed by atoms with E-state index in [9.17, 15) is 0 Å². The standard InChI is InChI=1S/C15H21/c1-2-8-13-11-6-7-12-15(13)14-9-4-3-5-10-14/h6-8,11-12,14H,2-5,9-10H2,1H3. The summed E-state index contributed by atoms with van der Waals surface area (Å²) in [5, 5.41) is 0. The summed E-state index contributed by atoms with van der Waals surface area (Å²) in [6, 6.07) is 8.95. The summed E-state index contributed by atoms with van der Waals surface area (Å²) in [4.78, 5) is 0. The number of hydrogen-bond acceptors (Lipinski definition) is 0. The van der Waals surface area contributed by atoms with Gasteiger partial charge >= 0.3 is 0 Å². The molecule has 1 aliphatic rings. The predicted molar refractivity (Wildman–Crippen MR) is 66.0 cm³/mol. The van der Waals surface area contributed by atoms with Crippen LogP contribution in [-0.4, -0.2) is 0 Å². The minimum absolute atomic E-state index is 0.831. The van der Waals surface area contributed by atoms with Crippen LogP contribution in [0.4, 0.5) is 0 Å². The number of benzene rings is 1. The van der Waals surface area contributed by atoms with Crippen LogP contribution in [0.1, 0.15) is 62.5 Å². The van der Waals surface area contributed by atoms with Crippen molar-refractivity contribution in [3.05, 3.63) is 41.8 Å². The van der Waals surface area contributed by atoms with E-state index < -0.39 is 0 Å². The van der Waals surface area contributed by atoms with Gasteiger partial charge in [-0.1, -0.05) is 50.5 Å². The molecule has 0 aliphatic heterocycles. The van der Waals surface area contributed by atoms with E-state index in [-0.39, 0.29) is 0 Å². The monoisotopic (exact) mass is 201 g/mol. The Morgan fingerprint density at radius 3 is 2.60 bits per heavy atom. The molecule has 0 heterocycles. The van der Waals surface area contributed by atoms with E-state index in [0.29, 0.717) is 0 Å². The van der Waals surface area contributed by atoms with Gasteiger partial charge in [0, 0.05) is 0 Å². The van der Waals surface area contributed by atoms with Gasteiger partial charge in [-0.25, -0.2) is 0 Å². The van der Waals surface area contributed by atoms with Crippen LogP contribution in [0.25, 0.3) is 0 Å². The fourth-order valence-electron chi connectivity index (χ4n) is 2.70. The molecular weight excluding hydrogens is 180 g/mol. The largest absolute Gasteiger partial charge is 0.0648 e. The molecule has 0 aromatic heterocycles. The average Bonchev–Trinajstić information content (AvgIpc) is 2.31. The Labute approximate surface area is 93.7 Å². The second kappa shape index (κ2) is 5.34. The van der Waals surface area contributed by atoms with Crippen molar-refractivity contribution in [1.82, 2.24) is 0 Å². The van der Waals surface area contributed by atoms with Gasteiger partial charge in [0.15, 0.2) is 0 Å². The zero-order chi connectivity index (χ0) is 10.5. The Hall–Kier alpha value is -0.780. The Kier molecular flexibility index (Phi) is 3.82. The first-order valence-electron chi connectivity index (χ1n) is 6.34. The average molecular weight is 201 g/mol. The molecule has 0 spiro atoms. The minimum atomic E-state index is 0.831. The van der Waals surface area contributed by atoms with Gasteiger partial charge in [-0.2, -0.15) is 0 Å². The SMILES string of the molecule is CC[CH]c1ccccc1C1CCCCC1. The topological polar surface area (TPSA) is 0 Å². The van der Waals surface area contributed by atoms with Crippen LogP contribution in [0, 0.1) is 6.42 Å². The van der Waals surface area contributed by atoms with Crippen molar-refractivity contribution in [2.45, 2.75) is 51.4 Å². The Morgan fingerprint density at radius 1 is 1.13 bits per heavy atom. The highest BCUT2D eigenvalue weighted by molar-refractivity contribution is 5.35. The molecule has 0 heteroatoms. The summed E-state index contributed by atoms with van der Waals surface area (Å²) >= 11 is 0. The Bertz CT molecular complexity index is 295. The lowest BCUT2D eigenvalue weighted by Gasteiger charge is -2.24. The Morgan fingerprint density at radius 2 is 1.87 bits per heavy atom. The quantitative estimate of drug-likeness (QED) is 0.665. The fourth-order valence-corrected chi connectivity index (χ4v) is 2.70. The van der Waals surface area contributed by atoms with Crippen molar-refractivity contribution in [1.29, 1.82) is 0 Å². The predicted octanol–water partition coefficient (Wildman–Crippen LogP) is 4.70. The summed E-state index contributed by atoms with van der Waals surface area (Å²) in [7, 11) is 0. The maximum absolute atomic E-state index is 2.37. The second-order valence-electron chi connectivity index (χ2n) is 4.58. The van der Waals surface area contributed by atoms with Gasteiger partial charge in [0.1, 0.15) is 0 Å². The molecule has 1 radical (unpaired) electrons. The first-order valence-corrected chi connectivity index (χ1v) is 6.34. The normalized spacial score (nSPS) is 17.9. The van der Waals surface area contributed by atoms with Crippen LogP contribution < -0.4 is 0 Å². The van der Waals surface area contributed by atoms with E-state index in [4.69, 9.17) is 0 Å². The summed E-state index contributed by atoms with van der Waals surface area (Å²) in [6.07, 6.45) is 10.6. The van der Waals surface area contributed by atoms with Crippen LogP contribution in [0.2, 0.25) is 0 Å². The molecule has 0 saturated heterocycles. The van der Waals surface area contributed by atoms with E-state index in [1.165, 1.54) is 37.7 Å². The summed E-state index contributed by atoms with van der Waals surface area (Å²) in [5.74, 6) is 0.831. The van der Waals surface area contributed by atoms with E-state index in [2.05, 4.69) is 37.6 Å². The first-order chi connectivity index (χ1) is 7.42. The molecule has 0 nitrogen and oxygen atoms in total. The number of hydrogen-bond donors (Lipinski definition) is 0. The lowest BCUT2D eigenvalue weighted by molar-refractivity contribution is 0.442. The van der Waals surface area contributed by atoms with Crippen LogP contribution in [-0.2, 0) is 0 Å². The molecule has 1 aromatic rings. The molecule has 0 unspecified atom stereocenters. The minimum Gasteiger partial charge on any atom is -0.0648 e. The molecule has 81 valence electrons. The first kappa shape index (κ1) is 10.7. The molecule has 2 rings (SSSR count). The third kappa shape index (κ3) is 2.62. The number of rotatable bonds is 3. The molecule has 0 amide bonds. The zero-order valence-corrected chi connectivity index (χ0v) is 9.71. The summed E-state index contributed by atoms with van der Waals surface area (Å²) in [5.41, 5.74) is 3.07. The van der Waals surface area contributed by atoms with Crippen molar-refractivity contribution in [3.8, 4) is 0 Å². The zero-order valence-electron chi connectivity index (χ0n) is 9.71.